The van der Waals surface area contributed by atoms with Crippen LogP contribution >= 0.6 is 15.9 Å². The van der Waals surface area contributed by atoms with E-state index in [1.807, 2.05) is 18.2 Å². The molecule has 0 bridgehead atoms. The smallest absolute Gasteiger partial charge is 0.143 e. The SMILES string of the molecule is C=Cc1ccc(CBr)cc1-n1cnnn1. The summed E-state index contributed by atoms with van der Waals surface area (Å²) in [7, 11) is 0. The molecule has 0 saturated heterocycles. The molecule has 0 N–H and O–H groups in total. The van der Waals surface area contributed by atoms with Gasteiger partial charge in [-0.05, 0) is 27.6 Å². The minimum Gasteiger partial charge on any atom is -0.200 e. The zero-order chi connectivity index (χ0) is 10.7. The molecule has 2 aromatic rings. The molecular weight excluding hydrogens is 256 g/mol. The Morgan fingerprint density at radius 3 is 2.93 bits per heavy atom. The van der Waals surface area contributed by atoms with Gasteiger partial charge in [0.2, 0.25) is 0 Å². The summed E-state index contributed by atoms with van der Waals surface area (Å²) in [6, 6.07) is 6.07. The highest BCUT2D eigenvalue weighted by atomic mass is 79.9. The van der Waals surface area contributed by atoms with E-state index in [0.29, 0.717) is 0 Å². The molecule has 1 aromatic heterocycles. The van der Waals surface area contributed by atoms with Gasteiger partial charge < -0.3 is 0 Å². The summed E-state index contributed by atoms with van der Waals surface area (Å²) in [5, 5.41) is 11.9. The van der Waals surface area contributed by atoms with Crippen molar-refractivity contribution in [3.8, 4) is 5.69 Å². The van der Waals surface area contributed by atoms with Crippen molar-refractivity contribution in [3.05, 3.63) is 42.2 Å². The van der Waals surface area contributed by atoms with Crippen LogP contribution < -0.4 is 0 Å². The number of alkyl halides is 1. The van der Waals surface area contributed by atoms with Gasteiger partial charge in [0, 0.05) is 5.33 Å². The van der Waals surface area contributed by atoms with Crippen LogP contribution in [0.3, 0.4) is 0 Å². The third-order valence-electron chi connectivity index (χ3n) is 2.06. The molecule has 76 valence electrons. The van der Waals surface area contributed by atoms with E-state index in [1.165, 1.54) is 5.56 Å². The highest BCUT2D eigenvalue weighted by molar-refractivity contribution is 9.08. The van der Waals surface area contributed by atoms with Crippen molar-refractivity contribution >= 4 is 22.0 Å². The van der Waals surface area contributed by atoms with E-state index in [9.17, 15) is 0 Å². The average molecular weight is 265 g/mol. The topological polar surface area (TPSA) is 43.6 Å². The number of aromatic nitrogens is 4. The summed E-state index contributed by atoms with van der Waals surface area (Å²) < 4.78 is 1.63. The second-order valence-corrected chi connectivity index (χ2v) is 3.55. The lowest BCUT2D eigenvalue weighted by atomic mass is 10.1. The largest absolute Gasteiger partial charge is 0.200 e. The molecule has 0 aliphatic carbocycles. The Kier molecular flexibility index (Phi) is 2.91. The second-order valence-electron chi connectivity index (χ2n) is 2.99. The standard InChI is InChI=1S/C10H9BrN4/c1-2-9-4-3-8(6-11)5-10(9)15-7-12-13-14-15/h2-5,7H,1,6H2. The van der Waals surface area contributed by atoms with Crippen molar-refractivity contribution in [2.75, 3.05) is 0 Å². The highest BCUT2D eigenvalue weighted by Gasteiger charge is 2.04. The third kappa shape index (κ3) is 1.97. The maximum Gasteiger partial charge on any atom is 0.143 e. The van der Waals surface area contributed by atoms with Crippen LogP contribution in [-0.4, -0.2) is 20.2 Å². The maximum absolute atomic E-state index is 3.86. The molecule has 15 heavy (non-hydrogen) atoms. The lowest BCUT2D eigenvalue weighted by molar-refractivity contribution is 0.787. The first-order chi connectivity index (χ1) is 7.35. The van der Waals surface area contributed by atoms with Gasteiger partial charge >= 0.3 is 0 Å². The minimum atomic E-state index is 0.805. The Balaban J connectivity index is 2.56. The molecule has 0 amide bonds. The van der Waals surface area contributed by atoms with Crippen molar-refractivity contribution in [1.29, 1.82) is 0 Å². The van der Waals surface area contributed by atoms with Crippen LogP contribution in [0, 0.1) is 0 Å². The maximum atomic E-state index is 3.86. The molecule has 0 radical (unpaired) electrons. The number of hydrogen-bond donors (Lipinski definition) is 0. The van der Waals surface area contributed by atoms with E-state index in [-0.39, 0.29) is 0 Å². The number of benzene rings is 1. The van der Waals surface area contributed by atoms with E-state index in [1.54, 1.807) is 17.1 Å². The lowest BCUT2D eigenvalue weighted by Gasteiger charge is -2.06. The van der Waals surface area contributed by atoms with Gasteiger partial charge in [0.15, 0.2) is 0 Å². The van der Waals surface area contributed by atoms with E-state index in [4.69, 9.17) is 0 Å². The van der Waals surface area contributed by atoms with Crippen molar-refractivity contribution < 1.29 is 0 Å². The molecule has 5 heteroatoms. The van der Waals surface area contributed by atoms with Gasteiger partial charge in [0.05, 0.1) is 5.69 Å². The summed E-state index contributed by atoms with van der Waals surface area (Å²) >= 11 is 3.41. The molecule has 0 aliphatic rings. The van der Waals surface area contributed by atoms with E-state index >= 15 is 0 Å². The first-order valence-electron chi connectivity index (χ1n) is 4.40. The van der Waals surface area contributed by atoms with Gasteiger partial charge in [-0.3, -0.25) is 0 Å². The minimum absolute atomic E-state index is 0.805. The third-order valence-corrected chi connectivity index (χ3v) is 2.71. The van der Waals surface area contributed by atoms with Gasteiger partial charge in [-0.2, -0.15) is 4.68 Å². The second kappa shape index (κ2) is 4.35. The first kappa shape index (κ1) is 10.0. The number of tetrazole rings is 1. The normalized spacial score (nSPS) is 10.2. The number of hydrogen-bond acceptors (Lipinski definition) is 3. The number of rotatable bonds is 3. The van der Waals surface area contributed by atoms with E-state index in [2.05, 4.69) is 38.0 Å². The van der Waals surface area contributed by atoms with Crippen LogP contribution in [0.2, 0.25) is 0 Å². The monoisotopic (exact) mass is 264 g/mol. The molecule has 0 aliphatic heterocycles. The molecule has 1 heterocycles. The summed E-state index contributed by atoms with van der Waals surface area (Å²) in [6.45, 7) is 3.76. The van der Waals surface area contributed by atoms with Crippen LogP contribution in [0.5, 0.6) is 0 Å². The quantitative estimate of drug-likeness (QED) is 0.799. The van der Waals surface area contributed by atoms with E-state index in [0.717, 1.165) is 16.6 Å². The lowest BCUT2D eigenvalue weighted by Crippen LogP contribution is -1.99. The van der Waals surface area contributed by atoms with Crippen molar-refractivity contribution in [3.63, 3.8) is 0 Å². The molecule has 0 spiro atoms. The fourth-order valence-electron chi connectivity index (χ4n) is 1.32. The Morgan fingerprint density at radius 2 is 2.33 bits per heavy atom. The van der Waals surface area contributed by atoms with Crippen LogP contribution in [-0.2, 0) is 5.33 Å². The molecule has 0 unspecified atom stereocenters. The summed E-state index contributed by atoms with van der Waals surface area (Å²) in [6.07, 6.45) is 3.36. The van der Waals surface area contributed by atoms with Crippen LogP contribution in [0.25, 0.3) is 11.8 Å². The Morgan fingerprint density at radius 1 is 1.47 bits per heavy atom. The van der Waals surface area contributed by atoms with Gasteiger partial charge in [0.25, 0.3) is 0 Å². The molecule has 0 saturated carbocycles. The number of nitrogens with zero attached hydrogens (tertiary/aromatic N) is 4. The molecule has 2 rings (SSSR count). The molecule has 0 fully saturated rings. The molecule has 0 atom stereocenters. The zero-order valence-corrected chi connectivity index (χ0v) is 9.55. The van der Waals surface area contributed by atoms with Crippen molar-refractivity contribution in [1.82, 2.24) is 20.2 Å². The zero-order valence-electron chi connectivity index (χ0n) is 7.97. The van der Waals surface area contributed by atoms with Crippen LogP contribution in [0.4, 0.5) is 0 Å². The average Bonchev–Trinajstić information content (AvgIpc) is 2.81. The Bertz CT molecular complexity index is 464. The van der Waals surface area contributed by atoms with Gasteiger partial charge in [-0.25, -0.2) is 0 Å². The summed E-state index contributed by atoms with van der Waals surface area (Å²) in [5.41, 5.74) is 3.12. The van der Waals surface area contributed by atoms with Crippen molar-refractivity contribution in [2.24, 2.45) is 0 Å². The summed E-state index contributed by atoms with van der Waals surface area (Å²) in [4.78, 5) is 0. The van der Waals surface area contributed by atoms with E-state index < -0.39 is 0 Å². The van der Waals surface area contributed by atoms with Gasteiger partial charge in [-0.15, -0.1) is 5.10 Å². The van der Waals surface area contributed by atoms with Gasteiger partial charge in [0.1, 0.15) is 6.33 Å². The molecule has 4 nitrogen and oxygen atoms in total. The fraction of sp³-hybridized carbons (Fsp3) is 0.100. The predicted octanol–water partition coefficient (Wildman–Crippen LogP) is 2.20. The highest BCUT2D eigenvalue weighted by Crippen LogP contribution is 2.18. The predicted molar refractivity (Wildman–Crippen MR) is 61.9 cm³/mol. The number of halogens is 1. The summed E-state index contributed by atoms with van der Waals surface area (Å²) in [5.74, 6) is 0. The molecular formula is C10H9BrN4. The van der Waals surface area contributed by atoms with Gasteiger partial charge in [-0.1, -0.05) is 40.7 Å². The first-order valence-corrected chi connectivity index (χ1v) is 5.52. The van der Waals surface area contributed by atoms with Crippen molar-refractivity contribution in [2.45, 2.75) is 5.33 Å². The Labute approximate surface area is 95.7 Å². The van der Waals surface area contributed by atoms with Crippen LogP contribution in [0.1, 0.15) is 11.1 Å². The molecule has 1 aromatic carbocycles. The Hall–Kier alpha value is -1.49. The fourth-order valence-corrected chi connectivity index (χ4v) is 1.66. The van der Waals surface area contributed by atoms with Crippen LogP contribution in [0.15, 0.2) is 31.1 Å².